The molecule has 67 heavy (non-hydrogen) atoms. The number of fused-ring (bicyclic) bond motifs is 1. The number of aryl methyl sites for hydroxylation is 2. The Labute approximate surface area is 405 Å². The summed E-state index contributed by atoms with van der Waals surface area (Å²) >= 11 is 0. The largest absolute Gasteiger partial charge is 0.408 e. The van der Waals surface area contributed by atoms with Crippen molar-refractivity contribution in [1.29, 1.82) is 5.26 Å². The topological polar surface area (TPSA) is 166 Å². The SMILES string of the molecule is Cc1ccc(C(OC[C@H]2O[C@@H](n3cnc4c(=O)[nH]c(NC(=O)C(C)C)nc43)C(OP(OCCC#N)N(C(C)C)C(C)C)[C@H]2O[Si](C)(C)C(C)(C)C)(c2ccccc2)c2ccc(C)cc2)cc1.S. The van der Waals surface area contributed by atoms with Gasteiger partial charge < -0.3 is 22.9 Å². The van der Waals surface area contributed by atoms with Gasteiger partial charge in [0.05, 0.1) is 32.0 Å². The van der Waals surface area contributed by atoms with Crippen LogP contribution < -0.4 is 10.9 Å². The second-order valence-corrected chi connectivity index (χ2v) is 25.7. The molecular weight excluding hydrogens is 902 g/mol. The molecule has 17 heteroatoms. The molecule has 6 rings (SSSR count). The predicted molar refractivity (Wildman–Crippen MR) is 273 cm³/mol. The molecule has 1 fully saturated rings. The van der Waals surface area contributed by atoms with Gasteiger partial charge in [0, 0.05) is 18.0 Å². The summed E-state index contributed by atoms with van der Waals surface area (Å²) in [6.07, 6.45) is -1.72. The molecule has 5 aromatic rings. The van der Waals surface area contributed by atoms with E-state index in [1.807, 2.05) is 18.2 Å². The van der Waals surface area contributed by atoms with Crippen molar-refractivity contribution in [3.8, 4) is 6.07 Å². The number of nitrogens with one attached hydrogen (secondary N) is 2. The van der Waals surface area contributed by atoms with Gasteiger partial charge in [0.2, 0.25) is 11.9 Å². The van der Waals surface area contributed by atoms with E-state index >= 15 is 0 Å². The molecule has 0 spiro atoms. The lowest BCUT2D eigenvalue weighted by Gasteiger charge is -2.43. The van der Waals surface area contributed by atoms with Crippen molar-refractivity contribution in [3.63, 3.8) is 0 Å². The van der Waals surface area contributed by atoms with Gasteiger partial charge in [-0.05, 0) is 76.4 Å². The molecule has 0 aliphatic carbocycles. The Balaban J connectivity index is 0.00000840. The number of benzene rings is 3. The molecule has 0 saturated carbocycles. The highest BCUT2D eigenvalue weighted by molar-refractivity contribution is 7.59. The monoisotopic (exact) mass is 971 g/mol. The number of hydrogen-bond donors (Lipinski definition) is 2. The highest BCUT2D eigenvalue weighted by Crippen LogP contribution is 2.53. The molecule has 0 radical (unpaired) electrons. The summed E-state index contributed by atoms with van der Waals surface area (Å²) in [6, 6.07) is 29.3. The van der Waals surface area contributed by atoms with E-state index in [0.717, 1.165) is 27.8 Å². The molecule has 362 valence electrons. The van der Waals surface area contributed by atoms with Crippen LogP contribution in [0.2, 0.25) is 18.1 Å². The average molecular weight is 972 g/mol. The lowest BCUT2D eigenvalue weighted by atomic mass is 9.79. The number of carbonyl (C=O) groups is 1. The number of rotatable bonds is 19. The number of nitriles is 1. The van der Waals surface area contributed by atoms with Gasteiger partial charge in [-0.25, -0.2) is 9.65 Å². The predicted octanol–water partition coefficient (Wildman–Crippen LogP) is 10.4. The van der Waals surface area contributed by atoms with Gasteiger partial charge >= 0.3 is 0 Å². The van der Waals surface area contributed by atoms with E-state index < -0.39 is 52.5 Å². The zero-order valence-corrected chi connectivity index (χ0v) is 44.2. The minimum atomic E-state index is -2.65. The highest BCUT2D eigenvalue weighted by atomic mass is 32.1. The number of H-pyrrole nitrogens is 1. The van der Waals surface area contributed by atoms with Crippen LogP contribution in [0, 0.1) is 31.1 Å². The number of hydrogen-bond acceptors (Lipinski definition) is 11. The standard InChI is InChI=1S/C50H68N7O7PSi.H2S/c1-32(2)45(58)54-48-53-44-41(46(59)55-48)52-31-56(44)47-43(63-65(61-29-17-28-51)57(33(3)4)34(5)6)42(64-66(12,13)49(9,10)11)40(62-47)30-60-50(37-18-15-14-16-19-37,38-24-20-35(7)21-25-38)39-26-22-36(8)23-27-39;/h14-16,18-27,31-34,40,42-43,47H,17,29-30H2,1-13H3,(H2,53,54,55,58,59);1H2/t40-,42+,43?,47-,65?;/m1./s1. The highest BCUT2D eigenvalue weighted by Gasteiger charge is 2.54. The molecule has 2 unspecified atom stereocenters. The van der Waals surface area contributed by atoms with Crippen molar-refractivity contribution >= 4 is 53.4 Å². The minimum absolute atomic E-state index is 0. The van der Waals surface area contributed by atoms with Crippen molar-refractivity contribution in [2.45, 2.75) is 143 Å². The van der Waals surface area contributed by atoms with Crippen LogP contribution in [-0.4, -0.2) is 82.0 Å². The fraction of sp³-hybridized carbons (Fsp3) is 0.500. The van der Waals surface area contributed by atoms with Crippen molar-refractivity contribution in [3.05, 3.63) is 123 Å². The van der Waals surface area contributed by atoms with Crippen molar-refractivity contribution in [2.24, 2.45) is 5.92 Å². The fourth-order valence-electron chi connectivity index (χ4n) is 7.88. The molecule has 1 saturated heterocycles. The number of imidazole rings is 1. The summed E-state index contributed by atoms with van der Waals surface area (Å²) in [6.45, 7) is 27.1. The van der Waals surface area contributed by atoms with Gasteiger partial charge in [0.25, 0.3) is 14.1 Å². The number of anilines is 1. The Kier molecular flexibility index (Phi) is 18.0. The zero-order chi connectivity index (χ0) is 48.1. The summed E-state index contributed by atoms with van der Waals surface area (Å²) in [4.78, 5) is 38.5. The Morgan fingerprint density at radius 1 is 0.925 bits per heavy atom. The summed E-state index contributed by atoms with van der Waals surface area (Å²) in [5, 5.41) is 12.1. The molecule has 1 aliphatic rings. The van der Waals surface area contributed by atoms with E-state index in [4.69, 9.17) is 27.9 Å². The summed E-state index contributed by atoms with van der Waals surface area (Å²) in [5.41, 5.74) is 3.65. The second-order valence-electron chi connectivity index (χ2n) is 19.5. The van der Waals surface area contributed by atoms with Gasteiger partial charge in [0.15, 0.2) is 25.7 Å². The van der Waals surface area contributed by atoms with Gasteiger partial charge in [-0.3, -0.25) is 24.5 Å². The maximum absolute atomic E-state index is 13.6. The van der Waals surface area contributed by atoms with E-state index in [2.05, 4.69) is 162 Å². The van der Waals surface area contributed by atoms with Crippen LogP contribution in [0.3, 0.4) is 0 Å². The molecule has 2 N–H and O–H groups in total. The number of amides is 1. The van der Waals surface area contributed by atoms with Crippen LogP contribution in [0.5, 0.6) is 0 Å². The summed E-state index contributed by atoms with van der Waals surface area (Å²) in [5.74, 6) is -0.698. The van der Waals surface area contributed by atoms with Crippen LogP contribution in [-0.2, 0) is 33.3 Å². The second kappa shape index (κ2) is 22.4. The van der Waals surface area contributed by atoms with Gasteiger partial charge in [-0.15, -0.1) is 0 Å². The van der Waals surface area contributed by atoms with Crippen LogP contribution in [0.1, 0.15) is 103 Å². The van der Waals surface area contributed by atoms with Gasteiger partial charge in [-0.2, -0.15) is 23.7 Å². The quantitative estimate of drug-likeness (QED) is 0.0350. The Morgan fingerprint density at radius 3 is 2.01 bits per heavy atom. The van der Waals surface area contributed by atoms with Gasteiger partial charge in [-0.1, -0.05) is 125 Å². The Hall–Kier alpha value is -4.27. The summed E-state index contributed by atoms with van der Waals surface area (Å²) in [7, 11) is -4.50. The van der Waals surface area contributed by atoms with Crippen LogP contribution in [0.25, 0.3) is 11.2 Å². The van der Waals surface area contributed by atoms with Crippen LogP contribution in [0.4, 0.5) is 5.95 Å². The number of nitrogens with zero attached hydrogens (tertiary/aromatic N) is 5. The first kappa shape index (κ1) is 53.7. The Bertz CT molecular complexity index is 2450. The van der Waals surface area contributed by atoms with Crippen molar-refractivity contribution in [2.75, 3.05) is 18.5 Å². The minimum Gasteiger partial charge on any atom is -0.408 e. The third kappa shape index (κ3) is 12.0. The van der Waals surface area contributed by atoms with Crippen molar-refractivity contribution in [1.82, 2.24) is 24.2 Å². The molecule has 0 bridgehead atoms. The maximum Gasteiger partial charge on any atom is 0.280 e. The zero-order valence-electron chi connectivity index (χ0n) is 41.3. The van der Waals surface area contributed by atoms with E-state index in [9.17, 15) is 14.9 Å². The van der Waals surface area contributed by atoms with Crippen LogP contribution >= 0.6 is 22.0 Å². The average Bonchev–Trinajstić information content (AvgIpc) is 3.82. The smallest absolute Gasteiger partial charge is 0.280 e. The first-order valence-corrected chi connectivity index (χ1v) is 26.9. The lowest BCUT2D eigenvalue weighted by molar-refractivity contribution is -0.118. The van der Waals surface area contributed by atoms with Gasteiger partial charge in [0.1, 0.15) is 23.9 Å². The Morgan fingerprint density at radius 2 is 1.49 bits per heavy atom. The van der Waals surface area contributed by atoms with E-state index in [1.54, 1.807) is 18.4 Å². The third-order valence-electron chi connectivity index (χ3n) is 12.4. The number of aromatic amines is 1. The molecule has 3 heterocycles. The third-order valence-corrected chi connectivity index (χ3v) is 19.0. The molecule has 5 atom stereocenters. The molecule has 3 aromatic carbocycles. The number of ether oxygens (including phenoxy) is 2. The molecule has 14 nitrogen and oxygen atoms in total. The van der Waals surface area contributed by atoms with Crippen LogP contribution in [0.15, 0.2) is 90.0 Å². The van der Waals surface area contributed by atoms with E-state index in [-0.39, 0.29) is 79.2 Å². The lowest BCUT2D eigenvalue weighted by Crippen LogP contribution is -2.51. The normalized spacial score (nSPS) is 18.4. The molecule has 2 aromatic heterocycles. The number of carbonyl (C=O) groups excluding carboxylic acids is 1. The first-order valence-electron chi connectivity index (χ1n) is 22.9. The van der Waals surface area contributed by atoms with E-state index in [0.29, 0.717) is 0 Å². The fourth-order valence-corrected chi connectivity index (χ4v) is 10.9. The van der Waals surface area contributed by atoms with Crippen molar-refractivity contribution < 1.29 is 27.7 Å². The first-order chi connectivity index (χ1) is 31.2. The molecule has 1 aliphatic heterocycles. The van der Waals surface area contributed by atoms with E-state index in [1.165, 1.54) is 6.33 Å². The summed E-state index contributed by atoms with van der Waals surface area (Å²) < 4.78 is 40.1. The maximum atomic E-state index is 13.6. The molecule has 1 amide bonds. The molecular formula is C50H70N7O7PSSi. The number of aromatic nitrogens is 4.